The Labute approximate surface area is 104 Å². The fourth-order valence-corrected chi connectivity index (χ4v) is 2.37. The maximum atomic E-state index is 5.89. The van der Waals surface area contributed by atoms with Crippen LogP contribution in [0, 0.1) is 19.8 Å². The molecule has 1 atom stereocenters. The van der Waals surface area contributed by atoms with E-state index < -0.39 is 0 Å². The molecule has 0 amide bonds. The molecule has 1 heterocycles. The molecule has 1 aliphatic rings. The molecular formula is C15H23NO. The number of benzene rings is 1. The highest BCUT2D eigenvalue weighted by molar-refractivity contribution is 5.35. The van der Waals surface area contributed by atoms with Gasteiger partial charge in [0.1, 0.15) is 5.75 Å². The van der Waals surface area contributed by atoms with Crippen LogP contribution in [0.5, 0.6) is 5.75 Å². The molecule has 94 valence electrons. The van der Waals surface area contributed by atoms with Gasteiger partial charge >= 0.3 is 0 Å². The van der Waals surface area contributed by atoms with E-state index in [4.69, 9.17) is 4.74 Å². The average Bonchev–Trinajstić information content (AvgIpc) is 2.35. The van der Waals surface area contributed by atoms with E-state index in [2.05, 4.69) is 37.4 Å². The summed E-state index contributed by atoms with van der Waals surface area (Å²) in [5.74, 6) is 1.85. The Morgan fingerprint density at radius 1 is 1.35 bits per heavy atom. The lowest BCUT2D eigenvalue weighted by Gasteiger charge is -2.22. The SMILES string of the molecule is Cc1ccc(C)c(OCCC2CCCNC2)c1. The van der Waals surface area contributed by atoms with Crippen LogP contribution in [0.4, 0.5) is 0 Å². The average molecular weight is 233 g/mol. The van der Waals surface area contributed by atoms with Gasteiger partial charge in [-0.15, -0.1) is 0 Å². The van der Waals surface area contributed by atoms with Gasteiger partial charge in [-0.3, -0.25) is 0 Å². The van der Waals surface area contributed by atoms with Crippen LogP contribution in [0.3, 0.4) is 0 Å². The molecule has 0 aromatic heterocycles. The lowest BCUT2D eigenvalue weighted by molar-refractivity contribution is 0.253. The molecule has 1 aromatic carbocycles. The predicted octanol–water partition coefficient (Wildman–Crippen LogP) is 3.07. The summed E-state index contributed by atoms with van der Waals surface area (Å²) in [6, 6.07) is 6.40. The lowest BCUT2D eigenvalue weighted by Crippen LogP contribution is -2.30. The first-order chi connectivity index (χ1) is 8.25. The summed E-state index contributed by atoms with van der Waals surface area (Å²) in [5, 5.41) is 3.45. The Kier molecular flexibility index (Phi) is 4.43. The number of hydrogen-bond donors (Lipinski definition) is 1. The molecule has 0 bridgehead atoms. The van der Waals surface area contributed by atoms with Crippen LogP contribution in [0.15, 0.2) is 18.2 Å². The summed E-state index contributed by atoms with van der Waals surface area (Å²) in [4.78, 5) is 0. The van der Waals surface area contributed by atoms with E-state index in [-0.39, 0.29) is 0 Å². The van der Waals surface area contributed by atoms with Crippen molar-refractivity contribution in [2.75, 3.05) is 19.7 Å². The summed E-state index contributed by atoms with van der Waals surface area (Å²) in [5.41, 5.74) is 2.50. The molecule has 1 N–H and O–H groups in total. The zero-order valence-electron chi connectivity index (χ0n) is 11.0. The lowest BCUT2D eigenvalue weighted by atomic mass is 9.97. The smallest absolute Gasteiger partial charge is 0.122 e. The number of piperidine rings is 1. The Morgan fingerprint density at radius 3 is 3.00 bits per heavy atom. The van der Waals surface area contributed by atoms with Crippen LogP contribution < -0.4 is 10.1 Å². The molecule has 1 fully saturated rings. The van der Waals surface area contributed by atoms with E-state index in [9.17, 15) is 0 Å². The van der Waals surface area contributed by atoms with E-state index in [1.165, 1.54) is 36.9 Å². The molecule has 0 radical (unpaired) electrons. The third kappa shape index (κ3) is 3.74. The van der Waals surface area contributed by atoms with Gasteiger partial charge in [0.2, 0.25) is 0 Å². The van der Waals surface area contributed by atoms with E-state index in [0.29, 0.717) is 0 Å². The molecule has 1 saturated heterocycles. The summed E-state index contributed by atoms with van der Waals surface area (Å²) < 4.78 is 5.89. The molecule has 2 rings (SSSR count). The number of aryl methyl sites for hydroxylation is 2. The molecule has 1 aromatic rings. The second-order valence-corrected chi connectivity index (χ2v) is 5.12. The second kappa shape index (κ2) is 6.06. The van der Waals surface area contributed by atoms with Crippen molar-refractivity contribution in [1.29, 1.82) is 0 Å². The highest BCUT2D eigenvalue weighted by atomic mass is 16.5. The minimum absolute atomic E-state index is 0.800. The van der Waals surface area contributed by atoms with E-state index in [0.717, 1.165) is 24.8 Å². The van der Waals surface area contributed by atoms with Crippen molar-refractivity contribution in [3.63, 3.8) is 0 Å². The van der Waals surface area contributed by atoms with Crippen LogP contribution in [-0.2, 0) is 0 Å². The fourth-order valence-electron chi connectivity index (χ4n) is 2.37. The minimum atomic E-state index is 0.800. The molecule has 0 spiro atoms. The molecule has 1 aliphatic heterocycles. The van der Waals surface area contributed by atoms with Gasteiger partial charge in [-0.25, -0.2) is 0 Å². The van der Waals surface area contributed by atoms with Crippen molar-refractivity contribution in [1.82, 2.24) is 5.32 Å². The van der Waals surface area contributed by atoms with Gasteiger partial charge in [0.15, 0.2) is 0 Å². The topological polar surface area (TPSA) is 21.3 Å². The van der Waals surface area contributed by atoms with Gasteiger partial charge in [-0.05, 0) is 69.3 Å². The van der Waals surface area contributed by atoms with Crippen molar-refractivity contribution in [3.8, 4) is 5.75 Å². The first kappa shape index (κ1) is 12.4. The fraction of sp³-hybridized carbons (Fsp3) is 0.600. The zero-order valence-corrected chi connectivity index (χ0v) is 11.0. The summed E-state index contributed by atoms with van der Waals surface area (Å²) in [6.45, 7) is 7.41. The van der Waals surface area contributed by atoms with Crippen LogP contribution in [0.25, 0.3) is 0 Å². The van der Waals surface area contributed by atoms with Gasteiger partial charge in [0.05, 0.1) is 6.61 Å². The standard InChI is InChI=1S/C15H23NO/c1-12-5-6-13(2)15(10-12)17-9-7-14-4-3-8-16-11-14/h5-6,10,14,16H,3-4,7-9,11H2,1-2H3. The Hall–Kier alpha value is -1.02. The van der Waals surface area contributed by atoms with Gasteiger partial charge < -0.3 is 10.1 Å². The second-order valence-electron chi connectivity index (χ2n) is 5.12. The molecule has 17 heavy (non-hydrogen) atoms. The molecule has 2 nitrogen and oxygen atoms in total. The third-order valence-corrected chi connectivity index (χ3v) is 3.53. The Morgan fingerprint density at radius 2 is 2.24 bits per heavy atom. The maximum absolute atomic E-state index is 5.89. The predicted molar refractivity (Wildman–Crippen MR) is 71.6 cm³/mol. The monoisotopic (exact) mass is 233 g/mol. The summed E-state index contributed by atoms with van der Waals surface area (Å²) >= 11 is 0. The minimum Gasteiger partial charge on any atom is -0.493 e. The van der Waals surface area contributed by atoms with Crippen molar-refractivity contribution in [2.24, 2.45) is 5.92 Å². The van der Waals surface area contributed by atoms with Crippen LogP contribution in [-0.4, -0.2) is 19.7 Å². The van der Waals surface area contributed by atoms with Crippen molar-refractivity contribution < 1.29 is 4.74 Å². The maximum Gasteiger partial charge on any atom is 0.122 e. The zero-order chi connectivity index (χ0) is 12.1. The molecule has 0 aliphatic carbocycles. The van der Waals surface area contributed by atoms with Crippen LogP contribution in [0.1, 0.15) is 30.4 Å². The van der Waals surface area contributed by atoms with Gasteiger partial charge in [-0.1, -0.05) is 12.1 Å². The Bertz CT molecular complexity index is 356. The number of ether oxygens (including phenoxy) is 1. The number of nitrogens with one attached hydrogen (secondary N) is 1. The number of rotatable bonds is 4. The quantitative estimate of drug-likeness (QED) is 0.863. The highest BCUT2D eigenvalue weighted by Crippen LogP contribution is 2.20. The first-order valence-electron chi connectivity index (χ1n) is 6.66. The van der Waals surface area contributed by atoms with Gasteiger partial charge in [-0.2, -0.15) is 0 Å². The van der Waals surface area contributed by atoms with E-state index in [1.807, 2.05) is 0 Å². The molecule has 1 unspecified atom stereocenters. The van der Waals surface area contributed by atoms with Crippen molar-refractivity contribution >= 4 is 0 Å². The molecular weight excluding hydrogens is 210 g/mol. The van der Waals surface area contributed by atoms with Gasteiger partial charge in [0, 0.05) is 0 Å². The van der Waals surface area contributed by atoms with E-state index >= 15 is 0 Å². The third-order valence-electron chi connectivity index (χ3n) is 3.53. The summed E-state index contributed by atoms with van der Waals surface area (Å²) in [7, 11) is 0. The van der Waals surface area contributed by atoms with Crippen LogP contribution in [0.2, 0.25) is 0 Å². The summed E-state index contributed by atoms with van der Waals surface area (Å²) in [6.07, 6.45) is 3.83. The van der Waals surface area contributed by atoms with E-state index in [1.54, 1.807) is 0 Å². The normalized spacial score (nSPS) is 20.2. The van der Waals surface area contributed by atoms with Crippen molar-refractivity contribution in [2.45, 2.75) is 33.1 Å². The van der Waals surface area contributed by atoms with Gasteiger partial charge in [0.25, 0.3) is 0 Å². The highest BCUT2D eigenvalue weighted by Gasteiger charge is 2.12. The molecule has 2 heteroatoms. The van der Waals surface area contributed by atoms with Crippen LogP contribution >= 0.6 is 0 Å². The largest absolute Gasteiger partial charge is 0.493 e. The molecule has 0 saturated carbocycles. The Balaban J connectivity index is 1.79. The first-order valence-corrected chi connectivity index (χ1v) is 6.66. The number of hydrogen-bond acceptors (Lipinski definition) is 2. The van der Waals surface area contributed by atoms with Crippen molar-refractivity contribution in [3.05, 3.63) is 29.3 Å².